The number of carboxylic acid groups (broad SMARTS) is 1. The molecule has 1 atom stereocenters. The van der Waals surface area contributed by atoms with Crippen LogP contribution in [0.15, 0.2) is 54.6 Å². The van der Waals surface area contributed by atoms with Gasteiger partial charge >= 0.3 is 5.97 Å². The van der Waals surface area contributed by atoms with Gasteiger partial charge in [-0.05, 0) is 42.9 Å². The maximum atomic E-state index is 12.7. The van der Waals surface area contributed by atoms with Crippen LogP contribution in [0.1, 0.15) is 30.0 Å². The third-order valence-electron chi connectivity index (χ3n) is 5.12. The van der Waals surface area contributed by atoms with Gasteiger partial charge < -0.3 is 14.7 Å². The maximum Gasteiger partial charge on any atom is 0.323 e. The predicted molar refractivity (Wildman–Crippen MR) is 117 cm³/mol. The molecule has 2 aromatic carbocycles. The number of carbonyl (C=O) groups excluding carboxylic acids is 2. The maximum absolute atomic E-state index is 12.7. The van der Waals surface area contributed by atoms with E-state index in [2.05, 4.69) is 17.4 Å². The summed E-state index contributed by atoms with van der Waals surface area (Å²) in [5.41, 5.74) is 3.68. The van der Waals surface area contributed by atoms with Gasteiger partial charge in [0.25, 0.3) is 6.47 Å². The van der Waals surface area contributed by atoms with Crippen molar-refractivity contribution in [1.82, 2.24) is 10.2 Å². The van der Waals surface area contributed by atoms with Gasteiger partial charge in [0.1, 0.15) is 6.04 Å². The lowest BCUT2D eigenvalue weighted by Crippen LogP contribution is -2.46. The molecule has 0 saturated heterocycles. The monoisotopic (exact) mass is 426 g/mol. The molecule has 2 aromatic rings. The Morgan fingerprint density at radius 3 is 2.45 bits per heavy atom. The Morgan fingerprint density at radius 2 is 1.77 bits per heavy atom. The smallest absolute Gasteiger partial charge is 0.323 e. The second-order valence-corrected chi connectivity index (χ2v) is 7.15. The number of nitrogens with zero attached hydrogens (tertiary/aromatic N) is 1. The minimum atomic E-state index is -0.485. The van der Waals surface area contributed by atoms with E-state index in [4.69, 9.17) is 14.6 Å². The SMILES string of the molecule is CCOC(=O)C(CCc1ccccc1)NCC(=O)N1CCc2ccccc2C1.O=CO. The Morgan fingerprint density at radius 1 is 1.13 bits per heavy atom. The van der Waals surface area contributed by atoms with Crippen LogP contribution in [0.2, 0.25) is 0 Å². The fraction of sp³-hybridized carbons (Fsp3) is 0.375. The summed E-state index contributed by atoms with van der Waals surface area (Å²) in [7, 11) is 0. The van der Waals surface area contributed by atoms with Crippen molar-refractivity contribution in [2.45, 2.75) is 38.8 Å². The van der Waals surface area contributed by atoms with E-state index in [0.29, 0.717) is 26.1 Å². The van der Waals surface area contributed by atoms with Crippen molar-refractivity contribution in [3.05, 3.63) is 71.3 Å². The molecule has 1 heterocycles. The van der Waals surface area contributed by atoms with Crippen molar-refractivity contribution < 1.29 is 24.2 Å². The fourth-order valence-electron chi connectivity index (χ4n) is 3.53. The average Bonchev–Trinajstić information content (AvgIpc) is 2.80. The summed E-state index contributed by atoms with van der Waals surface area (Å²) >= 11 is 0. The summed E-state index contributed by atoms with van der Waals surface area (Å²) in [6.45, 7) is 3.36. The largest absolute Gasteiger partial charge is 0.483 e. The van der Waals surface area contributed by atoms with E-state index >= 15 is 0 Å². The van der Waals surface area contributed by atoms with Gasteiger partial charge in [-0.3, -0.25) is 19.7 Å². The van der Waals surface area contributed by atoms with Gasteiger partial charge in [-0.25, -0.2) is 0 Å². The summed E-state index contributed by atoms with van der Waals surface area (Å²) < 4.78 is 5.19. The number of rotatable bonds is 8. The molecular formula is C24H30N2O5. The van der Waals surface area contributed by atoms with Gasteiger partial charge in [-0.15, -0.1) is 0 Å². The van der Waals surface area contributed by atoms with E-state index in [9.17, 15) is 9.59 Å². The molecule has 0 saturated carbocycles. The number of amides is 1. The number of hydrogen-bond donors (Lipinski definition) is 2. The second kappa shape index (κ2) is 13.2. The van der Waals surface area contributed by atoms with Crippen molar-refractivity contribution in [3.63, 3.8) is 0 Å². The minimum Gasteiger partial charge on any atom is -0.483 e. The molecule has 0 bridgehead atoms. The highest BCUT2D eigenvalue weighted by molar-refractivity contribution is 5.81. The van der Waals surface area contributed by atoms with Crippen molar-refractivity contribution in [3.8, 4) is 0 Å². The van der Waals surface area contributed by atoms with Crippen molar-refractivity contribution in [1.29, 1.82) is 0 Å². The molecular weight excluding hydrogens is 396 g/mol. The van der Waals surface area contributed by atoms with E-state index in [1.54, 1.807) is 6.92 Å². The minimum absolute atomic E-state index is 0.0171. The van der Waals surface area contributed by atoms with Gasteiger partial charge in [0, 0.05) is 13.1 Å². The van der Waals surface area contributed by atoms with Crippen LogP contribution in [-0.2, 0) is 38.5 Å². The summed E-state index contributed by atoms with van der Waals surface area (Å²) in [6, 6.07) is 17.8. The zero-order valence-corrected chi connectivity index (χ0v) is 17.8. The van der Waals surface area contributed by atoms with Crippen molar-refractivity contribution >= 4 is 18.3 Å². The first-order chi connectivity index (χ1) is 15.1. The summed E-state index contributed by atoms with van der Waals surface area (Å²) in [5.74, 6) is -0.279. The molecule has 0 radical (unpaired) electrons. The Kier molecular flexibility index (Phi) is 10.2. The molecule has 1 unspecified atom stereocenters. The molecule has 3 rings (SSSR count). The Labute approximate surface area is 183 Å². The van der Waals surface area contributed by atoms with Crippen LogP contribution in [0, 0.1) is 0 Å². The molecule has 1 aliphatic rings. The highest BCUT2D eigenvalue weighted by atomic mass is 16.5. The highest BCUT2D eigenvalue weighted by Crippen LogP contribution is 2.18. The number of esters is 1. The average molecular weight is 427 g/mol. The lowest BCUT2D eigenvalue weighted by atomic mass is 10.00. The van der Waals surface area contributed by atoms with Crippen LogP contribution in [0.25, 0.3) is 0 Å². The normalized spacial score (nSPS) is 13.3. The molecule has 0 fully saturated rings. The third-order valence-corrected chi connectivity index (χ3v) is 5.12. The second-order valence-electron chi connectivity index (χ2n) is 7.15. The fourth-order valence-corrected chi connectivity index (χ4v) is 3.53. The number of nitrogens with one attached hydrogen (secondary N) is 1. The molecule has 0 aromatic heterocycles. The van der Waals surface area contributed by atoms with Crippen LogP contribution >= 0.6 is 0 Å². The Bertz CT molecular complexity index is 841. The van der Waals surface area contributed by atoms with Crippen LogP contribution in [0.3, 0.4) is 0 Å². The number of hydrogen-bond acceptors (Lipinski definition) is 5. The molecule has 0 spiro atoms. The molecule has 2 N–H and O–H groups in total. The van der Waals surface area contributed by atoms with E-state index in [-0.39, 0.29) is 24.9 Å². The van der Waals surface area contributed by atoms with Gasteiger partial charge in [-0.1, -0.05) is 54.6 Å². The lowest BCUT2D eigenvalue weighted by molar-refractivity contribution is -0.146. The molecule has 31 heavy (non-hydrogen) atoms. The van der Waals surface area contributed by atoms with Crippen molar-refractivity contribution in [2.75, 3.05) is 19.7 Å². The first kappa shape index (κ1) is 24.1. The van der Waals surface area contributed by atoms with Crippen molar-refractivity contribution in [2.24, 2.45) is 0 Å². The number of benzene rings is 2. The van der Waals surface area contributed by atoms with E-state index in [1.165, 1.54) is 11.1 Å². The summed E-state index contributed by atoms with van der Waals surface area (Å²) in [6.07, 6.45) is 2.22. The lowest BCUT2D eigenvalue weighted by Gasteiger charge is -2.29. The number of aryl methyl sites for hydroxylation is 1. The number of ether oxygens (including phenoxy) is 1. The molecule has 7 nitrogen and oxygen atoms in total. The first-order valence-electron chi connectivity index (χ1n) is 10.4. The van der Waals surface area contributed by atoms with Gasteiger partial charge in [-0.2, -0.15) is 0 Å². The zero-order valence-electron chi connectivity index (χ0n) is 17.8. The first-order valence-corrected chi connectivity index (χ1v) is 10.4. The molecule has 1 aliphatic heterocycles. The molecule has 0 aliphatic carbocycles. The van der Waals surface area contributed by atoms with E-state index < -0.39 is 6.04 Å². The molecule has 1 amide bonds. The predicted octanol–water partition coefficient (Wildman–Crippen LogP) is 2.43. The Hall–Kier alpha value is -3.19. The standard InChI is InChI=1S/C23H28N2O3.CH2O2/c1-2-28-23(27)21(13-12-18-8-4-3-5-9-18)24-16-22(26)25-15-14-19-10-6-7-11-20(19)17-25;2-1-3/h3-11,21,24H,2,12-17H2,1H3;1H,(H,2,3). The van der Waals surface area contributed by atoms with Crippen LogP contribution in [0.4, 0.5) is 0 Å². The highest BCUT2D eigenvalue weighted by Gasteiger charge is 2.24. The third kappa shape index (κ3) is 7.86. The molecule has 166 valence electrons. The zero-order chi connectivity index (χ0) is 22.5. The van der Waals surface area contributed by atoms with Crippen LogP contribution in [-0.4, -0.2) is 54.1 Å². The van der Waals surface area contributed by atoms with Crippen LogP contribution in [0.5, 0.6) is 0 Å². The summed E-state index contributed by atoms with van der Waals surface area (Å²) in [4.78, 5) is 35.2. The summed E-state index contributed by atoms with van der Waals surface area (Å²) in [5, 5.41) is 10.0. The van der Waals surface area contributed by atoms with E-state index in [0.717, 1.165) is 18.4 Å². The number of fused-ring (bicyclic) bond motifs is 1. The van der Waals surface area contributed by atoms with E-state index in [1.807, 2.05) is 47.4 Å². The Balaban J connectivity index is 0.00000107. The van der Waals surface area contributed by atoms with Gasteiger partial charge in [0.2, 0.25) is 5.91 Å². The molecule has 7 heteroatoms. The van der Waals surface area contributed by atoms with Gasteiger partial charge in [0.15, 0.2) is 0 Å². The van der Waals surface area contributed by atoms with Crippen LogP contribution < -0.4 is 5.32 Å². The number of carbonyl (C=O) groups is 3. The quantitative estimate of drug-likeness (QED) is 0.497. The topological polar surface area (TPSA) is 95.9 Å². The van der Waals surface area contributed by atoms with Gasteiger partial charge in [0.05, 0.1) is 13.2 Å².